The quantitative estimate of drug-likeness (QED) is 0.433. The number of rotatable bonds is 6. The highest BCUT2D eigenvalue weighted by molar-refractivity contribution is 7.91. The Morgan fingerprint density at radius 2 is 1.43 bits per heavy atom. The van der Waals surface area contributed by atoms with Crippen LogP contribution in [0.25, 0.3) is 0 Å². The number of amides is 2. The summed E-state index contributed by atoms with van der Waals surface area (Å²) in [4.78, 5) is 26.0. The molecule has 0 radical (unpaired) electrons. The first kappa shape index (κ1) is 32.9. The molecule has 5 rings (SSSR count). The van der Waals surface area contributed by atoms with Gasteiger partial charge in [0.15, 0.2) is 9.84 Å². The number of halogens is 1. The Morgan fingerprint density at radius 1 is 0.905 bits per heavy atom. The zero-order valence-electron chi connectivity index (χ0n) is 23.4. The van der Waals surface area contributed by atoms with E-state index >= 15 is 0 Å². The van der Waals surface area contributed by atoms with Crippen LogP contribution in [-0.2, 0) is 24.5 Å². The van der Waals surface area contributed by atoms with Crippen LogP contribution in [0.3, 0.4) is 0 Å². The van der Waals surface area contributed by atoms with Crippen molar-refractivity contribution in [1.82, 2.24) is 10.2 Å². The minimum atomic E-state index is -3.67. The van der Waals surface area contributed by atoms with E-state index in [0.29, 0.717) is 0 Å². The third kappa shape index (κ3) is 9.74. The molecule has 1 saturated heterocycles. The van der Waals surface area contributed by atoms with Gasteiger partial charge >= 0.3 is 0 Å². The normalized spacial score (nSPS) is 15.7. The van der Waals surface area contributed by atoms with E-state index in [4.69, 9.17) is 5.73 Å². The molecule has 2 aliphatic rings. The zero-order chi connectivity index (χ0) is 30.8. The number of benzene rings is 3. The Bertz CT molecular complexity index is 1530. The van der Waals surface area contributed by atoms with Gasteiger partial charge in [-0.25, -0.2) is 21.2 Å². The fourth-order valence-corrected chi connectivity index (χ4v) is 6.49. The lowest BCUT2D eigenvalue weighted by Crippen LogP contribution is -2.47. The molecule has 0 spiro atoms. The molecule has 0 unspecified atom stereocenters. The largest absolute Gasteiger partial charge is 0.343 e. The molecule has 2 fully saturated rings. The summed E-state index contributed by atoms with van der Waals surface area (Å²) in [5, 5.41) is 2.48. The van der Waals surface area contributed by atoms with E-state index in [1.54, 1.807) is 18.2 Å². The topological polar surface area (TPSA) is 144 Å². The lowest BCUT2D eigenvalue weighted by atomic mass is 10.1. The molecule has 2 amide bonds. The molecule has 0 bridgehead atoms. The van der Waals surface area contributed by atoms with Crippen molar-refractivity contribution in [3.05, 3.63) is 95.8 Å². The average molecular weight is 618 g/mol. The van der Waals surface area contributed by atoms with Crippen LogP contribution in [0, 0.1) is 5.82 Å². The minimum absolute atomic E-state index is 0.0610. The molecule has 0 aromatic heterocycles. The Labute approximate surface area is 246 Å². The highest BCUT2D eigenvalue weighted by atomic mass is 32.2. The van der Waals surface area contributed by atoms with Crippen LogP contribution in [-0.4, -0.2) is 71.2 Å². The van der Waals surface area contributed by atoms with Crippen LogP contribution in [0.15, 0.2) is 88.7 Å². The van der Waals surface area contributed by atoms with Gasteiger partial charge in [-0.15, -0.1) is 0 Å². The lowest BCUT2D eigenvalue weighted by molar-refractivity contribution is -0.129. The molecule has 226 valence electrons. The summed E-state index contributed by atoms with van der Waals surface area (Å²) in [6, 6.07) is 20.2. The monoisotopic (exact) mass is 617 g/mol. The molecule has 3 N–H and O–H groups in total. The van der Waals surface area contributed by atoms with Crippen LogP contribution < -0.4 is 11.1 Å². The maximum absolute atomic E-state index is 12.6. The van der Waals surface area contributed by atoms with Gasteiger partial charge in [-0.1, -0.05) is 37.3 Å². The van der Waals surface area contributed by atoms with Crippen LogP contribution in [0.2, 0.25) is 0 Å². The van der Waals surface area contributed by atoms with E-state index in [1.807, 2.05) is 19.1 Å². The van der Waals surface area contributed by atoms with Gasteiger partial charge < -0.3 is 16.0 Å². The SMILES string of the molecule is CCN.Fc1ccc(C2CC2)cc1.O=C(NCC(=O)N1CCS(=O)(=O)CC1)c1ccc(S(=O)(=O)c2ccccc2)cc1. The van der Waals surface area contributed by atoms with Gasteiger partial charge in [-0.05, 0) is 79.4 Å². The van der Waals surface area contributed by atoms with Gasteiger partial charge in [-0.3, -0.25) is 9.59 Å². The van der Waals surface area contributed by atoms with Crippen LogP contribution >= 0.6 is 0 Å². The van der Waals surface area contributed by atoms with Gasteiger partial charge in [0.25, 0.3) is 5.91 Å². The zero-order valence-corrected chi connectivity index (χ0v) is 25.0. The van der Waals surface area contributed by atoms with Crippen molar-refractivity contribution in [3.63, 3.8) is 0 Å². The van der Waals surface area contributed by atoms with Gasteiger partial charge in [0.05, 0.1) is 27.8 Å². The van der Waals surface area contributed by atoms with E-state index in [9.17, 15) is 30.8 Å². The number of carbonyl (C=O) groups is 2. The highest BCUT2D eigenvalue weighted by Crippen LogP contribution is 2.39. The number of nitrogens with zero attached hydrogens (tertiary/aromatic N) is 1. The molecular weight excluding hydrogens is 581 g/mol. The Kier molecular flexibility index (Phi) is 11.8. The Hall–Kier alpha value is -3.61. The van der Waals surface area contributed by atoms with E-state index < -0.39 is 25.6 Å². The number of hydrogen-bond acceptors (Lipinski definition) is 7. The first-order valence-electron chi connectivity index (χ1n) is 13.6. The highest BCUT2D eigenvalue weighted by Gasteiger charge is 2.25. The second-order valence-corrected chi connectivity index (χ2v) is 14.0. The van der Waals surface area contributed by atoms with Crippen molar-refractivity contribution in [2.24, 2.45) is 5.73 Å². The summed E-state index contributed by atoms with van der Waals surface area (Å²) >= 11 is 0. The van der Waals surface area contributed by atoms with Crippen molar-refractivity contribution < 1.29 is 30.8 Å². The summed E-state index contributed by atoms with van der Waals surface area (Å²) in [6.45, 7) is 2.62. The van der Waals surface area contributed by atoms with Crippen molar-refractivity contribution in [3.8, 4) is 0 Å². The molecule has 0 atom stereocenters. The van der Waals surface area contributed by atoms with E-state index in [-0.39, 0.29) is 58.2 Å². The number of carbonyl (C=O) groups excluding carboxylic acids is 2. The second kappa shape index (κ2) is 15.0. The van der Waals surface area contributed by atoms with Crippen LogP contribution in [0.1, 0.15) is 41.6 Å². The van der Waals surface area contributed by atoms with Crippen molar-refractivity contribution >= 4 is 31.5 Å². The summed E-state index contributed by atoms with van der Waals surface area (Å²) in [5.74, 6) is -0.443. The first-order valence-corrected chi connectivity index (χ1v) is 16.9. The molecule has 12 heteroatoms. The minimum Gasteiger partial charge on any atom is -0.343 e. The van der Waals surface area contributed by atoms with Crippen LogP contribution in [0.5, 0.6) is 0 Å². The summed E-state index contributed by atoms with van der Waals surface area (Å²) in [7, 11) is -6.76. The third-order valence-corrected chi connectivity index (χ3v) is 9.89. The van der Waals surface area contributed by atoms with Crippen molar-refractivity contribution in [1.29, 1.82) is 0 Å². The number of sulfone groups is 2. The smallest absolute Gasteiger partial charge is 0.251 e. The molecule has 3 aromatic rings. The van der Waals surface area contributed by atoms with Gasteiger partial charge in [0.1, 0.15) is 5.82 Å². The van der Waals surface area contributed by atoms with Crippen molar-refractivity contribution in [2.45, 2.75) is 35.5 Å². The van der Waals surface area contributed by atoms with Gasteiger partial charge in [0, 0.05) is 18.7 Å². The summed E-state index contributed by atoms with van der Waals surface area (Å²) in [5.41, 5.74) is 6.35. The number of hydrogen-bond donors (Lipinski definition) is 2. The third-order valence-electron chi connectivity index (χ3n) is 6.50. The van der Waals surface area contributed by atoms with Gasteiger partial charge in [0.2, 0.25) is 15.7 Å². The maximum atomic E-state index is 12.6. The molecule has 1 aliphatic heterocycles. The Morgan fingerprint density at radius 3 is 1.95 bits per heavy atom. The van der Waals surface area contributed by atoms with Gasteiger partial charge in [-0.2, -0.15) is 0 Å². The van der Waals surface area contributed by atoms with E-state index in [0.717, 1.165) is 12.5 Å². The molecule has 9 nitrogen and oxygen atoms in total. The molecule has 1 aliphatic carbocycles. The molecular formula is C30H36FN3O6S2. The molecule has 3 aromatic carbocycles. The fourth-order valence-electron chi connectivity index (χ4n) is 4.00. The maximum Gasteiger partial charge on any atom is 0.251 e. The molecule has 1 saturated carbocycles. The van der Waals surface area contributed by atoms with E-state index in [1.165, 1.54) is 71.8 Å². The average Bonchev–Trinajstić information content (AvgIpc) is 3.83. The summed E-state index contributed by atoms with van der Waals surface area (Å²) < 4.78 is 60.3. The summed E-state index contributed by atoms with van der Waals surface area (Å²) in [6.07, 6.45) is 2.57. The number of nitrogens with two attached hydrogens (primary N) is 1. The lowest BCUT2D eigenvalue weighted by Gasteiger charge is -2.26. The second-order valence-electron chi connectivity index (χ2n) is 9.79. The van der Waals surface area contributed by atoms with Crippen molar-refractivity contribution in [2.75, 3.05) is 37.7 Å². The predicted octanol–water partition coefficient (Wildman–Crippen LogP) is 3.17. The number of nitrogens with one attached hydrogen (secondary N) is 1. The molecule has 42 heavy (non-hydrogen) atoms. The molecule has 1 heterocycles. The Balaban J connectivity index is 0.000000306. The fraction of sp³-hybridized carbons (Fsp3) is 0.333. The standard InChI is InChI=1S/C19H20N2O6S2.C9H9F.C2H7N/c22-18(21-10-12-28(24,25)13-11-21)14-20-19(23)15-6-8-17(9-7-15)29(26,27)16-4-2-1-3-5-16;10-9-5-3-8(4-6-9)7-1-2-7;1-2-3/h1-9H,10-14H2,(H,20,23);3-7H,1-2H2;2-3H2,1H3. The predicted molar refractivity (Wildman–Crippen MR) is 159 cm³/mol. The first-order chi connectivity index (χ1) is 20.0. The van der Waals surface area contributed by atoms with Crippen LogP contribution in [0.4, 0.5) is 4.39 Å². The van der Waals surface area contributed by atoms with E-state index in [2.05, 4.69) is 5.32 Å².